The first-order valence-corrected chi connectivity index (χ1v) is 9.27. The summed E-state index contributed by atoms with van der Waals surface area (Å²) in [5.41, 5.74) is 0.286. The molecule has 1 fully saturated rings. The number of ether oxygens (including phenoxy) is 1. The van der Waals surface area contributed by atoms with Gasteiger partial charge in [0.1, 0.15) is 0 Å². The van der Waals surface area contributed by atoms with Crippen LogP contribution in [0.4, 0.5) is 5.69 Å². The number of hydrogen-bond donors (Lipinski definition) is 2. The van der Waals surface area contributed by atoms with Gasteiger partial charge in [-0.3, -0.25) is 4.79 Å². The largest absolute Gasteiger partial charge is 0.478 e. The first kappa shape index (κ1) is 18.1. The zero-order valence-electron chi connectivity index (χ0n) is 14.2. The van der Waals surface area contributed by atoms with Crippen molar-refractivity contribution in [3.63, 3.8) is 0 Å². The van der Waals surface area contributed by atoms with E-state index in [1.807, 2.05) is 6.92 Å². The van der Waals surface area contributed by atoms with E-state index in [1.54, 1.807) is 11.0 Å². The van der Waals surface area contributed by atoms with Gasteiger partial charge in [0.25, 0.3) is 11.8 Å². The van der Waals surface area contributed by atoms with Gasteiger partial charge in [-0.25, -0.2) is 5.26 Å². The lowest BCUT2D eigenvalue weighted by Gasteiger charge is -2.22. The smallest absolute Gasteiger partial charge is 0.368 e. The number of amides is 1. The molecular weight excluding hydrogens is 364 g/mol. The van der Waals surface area contributed by atoms with Gasteiger partial charge in [0.15, 0.2) is 0 Å². The zero-order chi connectivity index (χ0) is 18.9. The maximum atomic E-state index is 12.8. The summed E-state index contributed by atoms with van der Waals surface area (Å²) in [6.07, 6.45) is 1.81. The molecule has 11 heteroatoms. The minimum absolute atomic E-state index is 0.0854. The number of carbonyl (C=O) groups excluding carboxylic acids is 1. The number of benzene rings is 1. The Kier molecular flexibility index (Phi) is 4.83. The van der Waals surface area contributed by atoms with Crippen molar-refractivity contribution in [2.75, 3.05) is 19.0 Å². The first-order chi connectivity index (χ1) is 12.4. The number of anilines is 1. The van der Waals surface area contributed by atoms with Crippen LogP contribution in [0, 0.1) is 0 Å². The summed E-state index contributed by atoms with van der Waals surface area (Å²) in [6.45, 7) is 2.57. The Hall–Kier alpha value is -2.66. The maximum Gasteiger partial charge on any atom is 0.368 e. The van der Waals surface area contributed by atoms with E-state index in [4.69, 9.17) is 4.74 Å². The molecule has 2 heterocycles. The second kappa shape index (κ2) is 6.92. The highest BCUT2D eigenvalue weighted by atomic mass is 32.2. The number of amidine groups is 1. The molecule has 1 aromatic carbocycles. The summed E-state index contributed by atoms with van der Waals surface area (Å²) >= 11 is 0. The van der Waals surface area contributed by atoms with Gasteiger partial charge in [0.2, 0.25) is 11.6 Å². The second-order valence-corrected chi connectivity index (χ2v) is 7.14. The van der Waals surface area contributed by atoms with E-state index in [0.717, 1.165) is 12.8 Å². The Bertz CT molecular complexity index is 895. The minimum atomic E-state index is -4.03. The molecule has 10 nitrogen and oxygen atoms in total. The molecule has 1 saturated heterocycles. The second-order valence-electron chi connectivity index (χ2n) is 5.88. The van der Waals surface area contributed by atoms with E-state index in [1.165, 1.54) is 19.2 Å². The molecule has 2 aliphatic rings. The molecule has 1 amide bonds. The van der Waals surface area contributed by atoms with Crippen LogP contribution in [0.3, 0.4) is 0 Å². The fourth-order valence-corrected chi connectivity index (χ4v) is 3.72. The molecule has 3 rings (SSSR count). The third-order valence-electron chi connectivity index (χ3n) is 4.20. The monoisotopic (exact) mass is 382 g/mol. The standard InChI is InChI=1S/C15H18N4O6S/c1-9-5-4-8-19(9)15(20)10-6-3-7-11(12(10)25-21)16-13-14(24-2)18-26(22,23)17-13/h3,6-7,9,21H,4-5,8H2,1-2H3,(H,16,17)/t9-/m1/s1. The van der Waals surface area contributed by atoms with Gasteiger partial charge in [0, 0.05) is 12.6 Å². The van der Waals surface area contributed by atoms with E-state index >= 15 is 0 Å². The predicted molar refractivity (Wildman–Crippen MR) is 93.9 cm³/mol. The van der Waals surface area contributed by atoms with Gasteiger partial charge in [-0.15, -0.1) is 8.80 Å². The normalized spacial score (nSPS) is 21.2. The number of hydrogen-bond acceptors (Lipinski definition) is 7. The molecule has 0 bridgehead atoms. The van der Waals surface area contributed by atoms with E-state index in [0.29, 0.717) is 6.54 Å². The Morgan fingerprint density at radius 3 is 2.77 bits per heavy atom. The Labute approximate surface area is 150 Å². The molecule has 140 valence electrons. The average Bonchev–Trinajstić information content (AvgIpc) is 3.16. The molecule has 2 N–H and O–H groups in total. The van der Waals surface area contributed by atoms with Gasteiger partial charge in [-0.2, -0.15) is 8.42 Å². The minimum Gasteiger partial charge on any atom is -0.478 e. The molecule has 0 spiro atoms. The van der Waals surface area contributed by atoms with Crippen molar-refractivity contribution in [1.29, 1.82) is 0 Å². The number of likely N-dealkylation sites (tertiary alicyclic amines) is 1. The number of nitrogens with one attached hydrogen (secondary N) is 1. The molecular formula is C15H18N4O6S. The van der Waals surface area contributed by atoms with Crippen LogP contribution in [0.2, 0.25) is 0 Å². The van der Waals surface area contributed by atoms with Gasteiger partial charge in [-0.05, 0) is 31.9 Å². The lowest BCUT2D eigenvalue weighted by molar-refractivity contribution is -0.137. The van der Waals surface area contributed by atoms with Crippen LogP contribution in [0.15, 0.2) is 27.0 Å². The lowest BCUT2D eigenvalue weighted by Crippen LogP contribution is -2.34. The van der Waals surface area contributed by atoms with Gasteiger partial charge >= 0.3 is 10.2 Å². The van der Waals surface area contributed by atoms with Gasteiger partial charge in [0.05, 0.1) is 18.4 Å². The van der Waals surface area contributed by atoms with E-state index in [2.05, 4.69) is 19.0 Å². The Morgan fingerprint density at radius 2 is 2.15 bits per heavy atom. The lowest BCUT2D eigenvalue weighted by atomic mass is 10.1. The number of para-hydroxylation sites is 1. The van der Waals surface area contributed by atoms with Crippen molar-refractivity contribution in [2.24, 2.45) is 8.80 Å². The van der Waals surface area contributed by atoms with Crippen molar-refractivity contribution in [3.8, 4) is 5.75 Å². The van der Waals surface area contributed by atoms with E-state index < -0.39 is 10.2 Å². The fourth-order valence-electron chi connectivity index (χ4n) is 2.95. The van der Waals surface area contributed by atoms with Crippen molar-refractivity contribution in [1.82, 2.24) is 4.90 Å². The van der Waals surface area contributed by atoms with E-state index in [9.17, 15) is 18.5 Å². The molecule has 1 aromatic rings. The molecule has 0 radical (unpaired) electrons. The summed E-state index contributed by atoms with van der Waals surface area (Å²) in [5.74, 6) is -0.841. The zero-order valence-corrected chi connectivity index (χ0v) is 15.0. The predicted octanol–water partition coefficient (Wildman–Crippen LogP) is 1.28. The number of methoxy groups -OCH3 is 1. The summed E-state index contributed by atoms with van der Waals surface area (Å²) in [6, 6.07) is 4.67. The molecule has 26 heavy (non-hydrogen) atoms. The van der Waals surface area contributed by atoms with Crippen LogP contribution in [-0.2, 0) is 14.9 Å². The molecule has 0 unspecified atom stereocenters. The molecule has 0 aromatic heterocycles. The highest BCUT2D eigenvalue weighted by Gasteiger charge is 2.31. The molecule has 0 saturated carbocycles. The number of carbonyl (C=O) groups is 1. The van der Waals surface area contributed by atoms with E-state index in [-0.39, 0.29) is 40.7 Å². The third kappa shape index (κ3) is 3.35. The van der Waals surface area contributed by atoms with Crippen molar-refractivity contribution in [3.05, 3.63) is 23.8 Å². The summed E-state index contributed by atoms with van der Waals surface area (Å²) in [7, 11) is -2.79. The van der Waals surface area contributed by atoms with Crippen LogP contribution in [0.5, 0.6) is 5.75 Å². The number of nitrogens with zero attached hydrogens (tertiary/aromatic N) is 3. The van der Waals surface area contributed by atoms with Crippen LogP contribution in [0.1, 0.15) is 30.1 Å². The maximum absolute atomic E-state index is 12.8. The summed E-state index contributed by atoms with van der Waals surface area (Å²) in [5, 5.41) is 12.0. The molecule has 1 atom stereocenters. The van der Waals surface area contributed by atoms with Crippen molar-refractivity contribution >= 4 is 33.5 Å². The van der Waals surface area contributed by atoms with Crippen molar-refractivity contribution in [2.45, 2.75) is 25.8 Å². The fraction of sp³-hybridized carbons (Fsp3) is 0.400. The summed E-state index contributed by atoms with van der Waals surface area (Å²) in [4.78, 5) is 18.9. The quantitative estimate of drug-likeness (QED) is 0.595. The SMILES string of the molecule is COC1=NS(=O)(=O)N=C1Nc1cccc(C(=O)N2CCC[C@H]2C)c1OO. The number of rotatable bonds is 3. The van der Waals surface area contributed by atoms with Gasteiger partial charge < -0.3 is 19.8 Å². The van der Waals surface area contributed by atoms with Crippen LogP contribution >= 0.6 is 0 Å². The summed E-state index contributed by atoms with van der Waals surface area (Å²) < 4.78 is 34.6. The third-order valence-corrected chi connectivity index (χ3v) is 5.01. The van der Waals surface area contributed by atoms with Gasteiger partial charge in [-0.1, -0.05) is 6.07 Å². The topological polar surface area (TPSA) is 130 Å². The van der Waals surface area contributed by atoms with Crippen LogP contribution in [-0.4, -0.2) is 55.9 Å². The highest BCUT2D eigenvalue weighted by Crippen LogP contribution is 2.32. The molecule has 2 aliphatic heterocycles. The highest BCUT2D eigenvalue weighted by molar-refractivity contribution is 7.89. The Balaban J connectivity index is 1.95. The van der Waals surface area contributed by atoms with Crippen molar-refractivity contribution < 1.29 is 28.1 Å². The van der Waals surface area contributed by atoms with Crippen LogP contribution < -0.4 is 10.2 Å². The Morgan fingerprint density at radius 1 is 1.38 bits per heavy atom. The average molecular weight is 382 g/mol. The van der Waals surface area contributed by atoms with Crippen LogP contribution in [0.25, 0.3) is 0 Å². The molecule has 0 aliphatic carbocycles. The first-order valence-electron chi connectivity index (χ1n) is 7.88.